The average molecular weight is 454 g/mol. The van der Waals surface area contributed by atoms with Crippen LogP contribution in [0.5, 0.6) is 0 Å². The zero-order valence-electron chi connectivity index (χ0n) is 13.9. The molecule has 0 aliphatic heterocycles. The molecule has 0 saturated carbocycles. The van der Waals surface area contributed by atoms with E-state index < -0.39 is 16.7 Å². The monoisotopic (exact) mass is 453 g/mol. The zero-order chi connectivity index (χ0) is 20.3. The number of hydrazone groups is 1. The third-order valence-electron chi connectivity index (χ3n) is 3.65. The molecule has 0 amide bonds. The molecule has 6 nitrogen and oxygen atoms in total. The number of rotatable bonds is 5. The zero-order valence-corrected chi connectivity index (χ0v) is 15.5. The van der Waals surface area contributed by atoms with Crippen LogP contribution in [0.2, 0.25) is 0 Å². The van der Waals surface area contributed by atoms with Gasteiger partial charge in [-0.3, -0.25) is 15.5 Å². The van der Waals surface area contributed by atoms with Crippen LogP contribution in [-0.2, 0) is 6.18 Å². The lowest BCUT2D eigenvalue weighted by Crippen LogP contribution is -2.04. The van der Waals surface area contributed by atoms with Crippen LogP contribution in [0.1, 0.15) is 11.3 Å². The van der Waals surface area contributed by atoms with Crippen LogP contribution in [0.25, 0.3) is 11.3 Å². The highest BCUT2D eigenvalue weighted by Gasteiger charge is 2.31. The van der Waals surface area contributed by atoms with Gasteiger partial charge in [-0.2, -0.15) is 18.3 Å². The molecule has 144 valence electrons. The van der Waals surface area contributed by atoms with Gasteiger partial charge in [0.1, 0.15) is 11.5 Å². The fourth-order valence-electron chi connectivity index (χ4n) is 2.29. The predicted molar refractivity (Wildman–Crippen MR) is 101 cm³/mol. The summed E-state index contributed by atoms with van der Waals surface area (Å²) in [5.41, 5.74) is 2.64. The molecule has 1 aromatic heterocycles. The van der Waals surface area contributed by atoms with Gasteiger partial charge in [-0.1, -0.05) is 15.9 Å². The second-order valence-corrected chi connectivity index (χ2v) is 6.42. The number of nitro groups is 1. The van der Waals surface area contributed by atoms with Crippen LogP contribution in [0, 0.1) is 10.1 Å². The SMILES string of the molecule is O=[N+]([O-])c1ccc(N/N=C/c2ccc(-c3cc(C(F)(F)F)ccc3Br)o2)cc1. The highest BCUT2D eigenvalue weighted by Crippen LogP contribution is 2.36. The number of nitro benzene ring substituents is 1. The maximum Gasteiger partial charge on any atom is 0.416 e. The molecular weight excluding hydrogens is 443 g/mol. The summed E-state index contributed by atoms with van der Waals surface area (Å²) in [5, 5.41) is 14.6. The van der Waals surface area contributed by atoms with E-state index in [4.69, 9.17) is 4.42 Å². The third-order valence-corrected chi connectivity index (χ3v) is 4.34. The quantitative estimate of drug-likeness (QED) is 0.288. The molecule has 1 heterocycles. The first-order valence-corrected chi connectivity index (χ1v) is 8.54. The number of non-ortho nitro benzene ring substituents is 1. The molecule has 0 radical (unpaired) electrons. The van der Waals surface area contributed by atoms with Crippen molar-refractivity contribution in [3.05, 3.63) is 80.5 Å². The summed E-state index contributed by atoms with van der Waals surface area (Å²) in [4.78, 5) is 10.1. The van der Waals surface area contributed by atoms with Crippen LogP contribution < -0.4 is 5.43 Å². The molecule has 0 saturated heterocycles. The molecule has 1 N–H and O–H groups in total. The van der Waals surface area contributed by atoms with Gasteiger partial charge in [0.15, 0.2) is 0 Å². The standard InChI is InChI=1S/C18H11BrF3N3O3/c19-16-7-1-11(18(20,21)22)9-15(16)17-8-6-14(28-17)10-23-24-12-2-4-13(5-3-12)25(26)27/h1-10,24H/b23-10+. The summed E-state index contributed by atoms with van der Waals surface area (Å²) in [6, 6.07) is 12.0. The molecule has 3 aromatic rings. The summed E-state index contributed by atoms with van der Waals surface area (Å²) in [7, 11) is 0. The lowest BCUT2D eigenvalue weighted by atomic mass is 10.1. The van der Waals surface area contributed by atoms with E-state index in [-0.39, 0.29) is 17.0 Å². The van der Waals surface area contributed by atoms with Crippen molar-refractivity contribution in [2.45, 2.75) is 6.18 Å². The van der Waals surface area contributed by atoms with E-state index in [9.17, 15) is 23.3 Å². The van der Waals surface area contributed by atoms with Crippen molar-refractivity contribution in [3.63, 3.8) is 0 Å². The Balaban J connectivity index is 1.74. The second kappa shape index (κ2) is 7.85. The average Bonchev–Trinajstić information content (AvgIpc) is 3.10. The first kappa shape index (κ1) is 19.6. The van der Waals surface area contributed by atoms with Gasteiger partial charge in [-0.25, -0.2) is 0 Å². The molecular formula is C18H11BrF3N3O3. The minimum atomic E-state index is -4.46. The molecule has 0 aliphatic carbocycles. The Bertz CT molecular complexity index is 1030. The van der Waals surface area contributed by atoms with Gasteiger partial charge >= 0.3 is 6.18 Å². The van der Waals surface area contributed by atoms with E-state index in [1.54, 1.807) is 6.07 Å². The normalized spacial score (nSPS) is 11.7. The van der Waals surface area contributed by atoms with Gasteiger partial charge in [-0.15, -0.1) is 0 Å². The summed E-state index contributed by atoms with van der Waals surface area (Å²) >= 11 is 3.22. The lowest BCUT2D eigenvalue weighted by Gasteiger charge is -2.09. The molecule has 2 aromatic carbocycles. The predicted octanol–water partition coefficient (Wildman–Crippen LogP) is 6.08. The smallest absolute Gasteiger partial charge is 0.416 e. The van der Waals surface area contributed by atoms with Gasteiger partial charge in [0.05, 0.1) is 22.4 Å². The van der Waals surface area contributed by atoms with Crippen molar-refractivity contribution >= 4 is 33.5 Å². The van der Waals surface area contributed by atoms with Gasteiger partial charge in [-0.05, 0) is 42.5 Å². The van der Waals surface area contributed by atoms with Crippen molar-refractivity contribution in [3.8, 4) is 11.3 Å². The van der Waals surface area contributed by atoms with Crippen molar-refractivity contribution in [1.29, 1.82) is 0 Å². The minimum absolute atomic E-state index is 0.0446. The topological polar surface area (TPSA) is 80.7 Å². The van der Waals surface area contributed by atoms with E-state index in [1.165, 1.54) is 42.6 Å². The minimum Gasteiger partial charge on any atom is -0.455 e. The number of anilines is 1. The van der Waals surface area contributed by atoms with Crippen LogP contribution in [0.15, 0.2) is 68.6 Å². The largest absolute Gasteiger partial charge is 0.455 e. The first-order valence-electron chi connectivity index (χ1n) is 7.74. The Morgan fingerprint density at radius 3 is 2.46 bits per heavy atom. The maximum absolute atomic E-state index is 12.9. The van der Waals surface area contributed by atoms with Gasteiger partial charge in [0.2, 0.25) is 0 Å². The maximum atomic E-state index is 12.9. The van der Waals surface area contributed by atoms with E-state index in [0.717, 1.165) is 12.1 Å². The number of hydrogen-bond acceptors (Lipinski definition) is 5. The molecule has 0 atom stereocenters. The highest BCUT2D eigenvalue weighted by atomic mass is 79.9. The highest BCUT2D eigenvalue weighted by molar-refractivity contribution is 9.10. The lowest BCUT2D eigenvalue weighted by molar-refractivity contribution is -0.384. The number of hydrogen-bond donors (Lipinski definition) is 1. The molecule has 0 bridgehead atoms. The van der Waals surface area contributed by atoms with Crippen LogP contribution in [0.4, 0.5) is 24.5 Å². The summed E-state index contributed by atoms with van der Waals surface area (Å²) in [5.74, 6) is 0.559. The van der Waals surface area contributed by atoms with E-state index in [1.807, 2.05) is 0 Å². The molecule has 10 heteroatoms. The Morgan fingerprint density at radius 2 is 1.82 bits per heavy atom. The third kappa shape index (κ3) is 4.58. The van der Waals surface area contributed by atoms with Crippen LogP contribution >= 0.6 is 15.9 Å². The second-order valence-electron chi connectivity index (χ2n) is 5.57. The van der Waals surface area contributed by atoms with E-state index in [2.05, 4.69) is 26.5 Å². The van der Waals surface area contributed by atoms with Crippen molar-refractivity contribution in [2.24, 2.45) is 5.10 Å². The van der Waals surface area contributed by atoms with E-state index >= 15 is 0 Å². The number of nitrogens with zero attached hydrogens (tertiary/aromatic N) is 2. The number of nitrogens with one attached hydrogen (secondary N) is 1. The van der Waals surface area contributed by atoms with Crippen molar-refractivity contribution in [2.75, 3.05) is 5.43 Å². The fourth-order valence-corrected chi connectivity index (χ4v) is 2.73. The van der Waals surface area contributed by atoms with Crippen LogP contribution in [0.3, 0.4) is 0 Å². The number of alkyl halides is 3. The Hall–Kier alpha value is -3.14. The molecule has 0 aliphatic rings. The Morgan fingerprint density at radius 1 is 1.11 bits per heavy atom. The molecule has 0 unspecified atom stereocenters. The number of benzene rings is 2. The molecule has 3 rings (SSSR count). The van der Waals surface area contributed by atoms with E-state index in [0.29, 0.717) is 15.9 Å². The summed E-state index contributed by atoms with van der Waals surface area (Å²) < 4.78 is 44.7. The van der Waals surface area contributed by atoms with Gasteiger partial charge in [0, 0.05) is 22.2 Å². The first-order chi connectivity index (χ1) is 13.2. The van der Waals surface area contributed by atoms with Crippen LogP contribution in [-0.4, -0.2) is 11.1 Å². The number of furan rings is 1. The van der Waals surface area contributed by atoms with Gasteiger partial charge in [0.25, 0.3) is 5.69 Å². The number of halogens is 4. The van der Waals surface area contributed by atoms with Crippen molar-refractivity contribution in [1.82, 2.24) is 0 Å². The fraction of sp³-hybridized carbons (Fsp3) is 0.0556. The Labute approximate surface area is 165 Å². The Kier molecular flexibility index (Phi) is 5.50. The van der Waals surface area contributed by atoms with Crippen molar-refractivity contribution < 1.29 is 22.5 Å². The molecule has 0 fully saturated rings. The molecule has 28 heavy (non-hydrogen) atoms. The molecule has 0 spiro atoms. The summed E-state index contributed by atoms with van der Waals surface area (Å²) in [6.45, 7) is 0. The van der Waals surface area contributed by atoms with Gasteiger partial charge < -0.3 is 4.42 Å². The summed E-state index contributed by atoms with van der Waals surface area (Å²) in [6.07, 6.45) is -3.12.